The lowest BCUT2D eigenvalue weighted by atomic mass is 9.96. The van der Waals surface area contributed by atoms with E-state index in [2.05, 4.69) is 0 Å². The zero-order valence-corrected chi connectivity index (χ0v) is 12.4. The molecule has 0 amide bonds. The van der Waals surface area contributed by atoms with Crippen molar-refractivity contribution in [3.05, 3.63) is 34.9 Å². The third-order valence-corrected chi connectivity index (χ3v) is 4.28. The summed E-state index contributed by atoms with van der Waals surface area (Å²) in [5, 5.41) is 10.7. The minimum Gasteiger partial charge on any atom is -0.388 e. The number of alkyl halides is 3. The van der Waals surface area contributed by atoms with Gasteiger partial charge in [-0.2, -0.15) is 13.2 Å². The van der Waals surface area contributed by atoms with Crippen LogP contribution in [0.3, 0.4) is 0 Å². The van der Waals surface area contributed by atoms with Gasteiger partial charge in [-0.3, -0.25) is 0 Å². The molecular weight excluding hydrogens is 303 g/mol. The molecule has 1 aliphatic heterocycles. The summed E-state index contributed by atoms with van der Waals surface area (Å²) in [5.41, 5.74) is 0.782. The van der Waals surface area contributed by atoms with Crippen molar-refractivity contribution in [1.82, 2.24) is 4.90 Å². The van der Waals surface area contributed by atoms with Crippen molar-refractivity contribution < 1.29 is 18.3 Å². The van der Waals surface area contributed by atoms with Crippen LogP contribution in [0.15, 0.2) is 24.3 Å². The molecule has 2 rings (SSSR count). The molecule has 1 heterocycles. The molecule has 0 saturated carbocycles. The molecule has 6 heteroatoms. The van der Waals surface area contributed by atoms with Crippen LogP contribution in [0, 0.1) is 5.92 Å². The van der Waals surface area contributed by atoms with E-state index in [0.29, 0.717) is 31.1 Å². The zero-order chi connectivity index (χ0) is 15.5. The van der Waals surface area contributed by atoms with Gasteiger partial charge in [-0.15, -0.1) is 0 Å². The van der Waals surface area contributed by atoms with E-state index in [1.807, 2.05) is 4.90 Å². The maximum absolute atomic E-state index is 12.6. The predicted molar refractivity (Wildman–Crippen MR) is 76.2 cm³/mol. The Bertz CT molecular complexity index is 441. The average molecular weight is 322 g/mol. The maximum atomic E-state index is 12.6. The Balaban J connectivity index is 1.76. The molecule has 0 radical (unpaired) electrons. The standard InChI is InChI=1S/C15H19ClF3NO/c16-13-3-1-11(2-4-13)14(21)7-10-20-8-5-12(6-9-20)15(17,18)19/h1-4,12,14,21H,5-10H2. The highest BCUT2D eigenvalue weighted by atomic mass is 35.5. The molecule has 0 bridgehead atoms. The highest BCUT2D eigenvalue weighted by molar-refractivity contribution is 6.30. The lowest BCUT2D eigenvalue weighted by Gasteiger charge is -2.33. The molecule has 0 spiro atoms. The lowest BCUT2D eigenvalue weighted by Crippen LogP contribution is -2.39. The number of benzene rings is 1. The molecule has 1 aromatic carbocycles. The molecule has 21 heavy (non-hydrogen) atoms. The molecule has 0 aliphatic carbocycles. The van der Waals surface area contributed by atoms with Gasteiger partial charge in [0.1, 0.15) is 0 Å². The van der Waals surface area contributed by atoms with E-state index < -0.39 is 18.2 Å². The predicted octanol–water partition coefficient (Wildman–Crippen LogP) is 4.04. The molecule has 1 aliphatic rings. The molecule has 1 fully saturated rings. The van der Waals surface area contributed by atoms with Gasteiger partial charge < -0.3 is 10.0 Å². The van der Waals surface area contributed by atoms with Crippen molar-refractivity contribution in [2.75, 3.05) is 19.6 Å². The molecule has 0 aromatic heterocycles. The molecule has 2 nitrogen and oxygen atoms in total. The zero-order valence-electron chi connectivity index (χ0n) is 11.6. The number of rotatable bonds is 4. The van der Waals surface area contributed by atoms with E-state index in [1.165, 1.54) is 0 Å². The second-order valence-electron chi connectivity index (χ2n) is 5.51. The van der Waals surface area contributed by atoms with Gasteiger partial charge in [0, 0.05) is 11.6 Å². The summed E-state index contributed by atoms with van der Waals surface area (Å²) in [5.74, 6) is -1.17. The van der Waals surface area contributed by atoms with E-state index in [0.717, 1.165) is 5.56 Å². The van der Waals surface area contributed by atoms with Crippen molar-refractivity contribution in [1.29, 1.82) is 0 Å². The Morgan fingerprint density at radius 3 is 2.29 bits per heavy atom. The quantitative estimate of drug-likeness (QED) is 0.904. The van der Waals surface area contributed by atoms with Crippen molar-refractivity contribution >= 4 is 11.6 Å². The Morgan fingerprint density at radius 1 is 1.19 bits per heavy atom. The van der Waals surface area contributed by atoms with E-state index in [4.69, 9.17) is 11.6 Å². The number of hydrogen-bond acceptors (Lipinski definition) is 2. The topological polar surface area (TPSA) is 23.5 Å². The van der Waals surface area contributed by atoms with E-state index in [9.17, 15) is 18.3 Å². The van der Waals surface area contributed by atoms with Crippen LogP contribution < -0.4 is 0 Å². The van der Waals surface area contributed by atoms with Crippen LogP contribution in [0.25, 0.3) is 0 Å². The number of aliphatic hydroxyl groups is 1. The van der Waals surface area contributed by atoms with Gasteiger partial charge in [-0.05, 0) is 50.0 Å². The first kappa shape index (κ1) is 16.6. The third-order valence-electron chi connectivity index (χ3n) is 4.02. The second kappa shape index (κ2) is 6.99. The largest absolute Gasteiger partial charge is 0.391 e. The van der Waals surface area contributed by atoms with E-state index >= 15 is 0 Å². The first-order chi connectivity index (χ1) is 9.86. The van der Waals surface area contributed by atoms with Gasteiger partial charge in [0.15, 0.2) is 0 Å². The summed E-state index contributed by atoms with van der Waals surface area (Å²) in [7, 11) is 0. The smallest absolute Gasteiger partial charge is 0.388 e. The molecule has 1 unspecified atom stereocenters. The Labute approximate surface area is 127 Å². The highest BCUT2D eigenvalue weighted by Gasteiger charge is 2.40. The maximum Gasteiger partial charge on any atom is 0.391 e. The summed E-state index contributed by atoms with van der Waals surface area (Å²) in [4.78, 5) is 1.99. The number of piperidine rings is 1. The fourth-order valence-electron chi connectivity index (χ4n) is 2.64. The molecule has 1 aromatic rings. The van der Waals surface area contributed by atoms with Crippen molar-refractivity contribution in [3.63, 3.8) is 0 Å². The van der Waals surface area contributed by atoms with Crippen LogP contribution in [-0.4, -0.2) is 35.8 Å². The summed E-state index contributed by atoms with van der Waals surface area (Å²) >= 11 is 5.78. The van der Waals surface area contributed by atoms with E-state index in [1.54, 1.807) is 24.3 Å². The van der Waals surface area contributed by atoms with Crippen molar-refractivity contribution in [2.24, 2.45) is 5.92 Å². The summed E-state index contributed by atoms with van der Waals surface area (Å²) in [6, 6.07) is 6.97. The Hall–Kier alpha value is -0.780. The van der Waals surface area contributed by atoms with Gasteiger partial charge >= 0.3 is 6.18 Å². The third kappa shape index (κ3) is 4.87. The lowest BCUT2D eigenvalue weighted by molar-refractivity contribution is -0.185. The van der Waals surface area contributed by atoms with Crippen molar-refractivity contribution in [3.8, 4) is 0 Å². The van der Waals surface area contributed by atoms with Crippen LogP contribution in [0.4, 0.5) is 13.2 Å². The summed E-state index contributed by atoms with van der Waals surface area (Å²) < 4.78 is 37.7. The van der Waals surface area contributed by atoms with Crippen LogP contribution >= 0.6 is 11.6 Å². The number of nitrogens with zero attached hydrogens (tertiary/aromatic N) is 1. The molecule has 1 atom stereocenters. The fourth-order valence-corrected chi connectivity index (χ4v) is 2.77. The van der Waals surface area contributed by atoms with Gasteiger partial charge in [0.25, 0.3) is 0 Å². The number of hydrogen-bond donors (Lipinski definition) is 1. The number of halogens is 4. The van der Waals surface area contributed by atoms with Gasteiger partial charge in [0.2, 0.25) is 0 Å². The first-order valence-corrected chi connectivity index (χ1v) is 7.46. The van der Waals surface area contributed by atoms with Gasteiger partial charge in [-0.25, -0.2) is 0 Å². The molecule has 1 saturated heterocycles. The Kier molecular flexibility index (Phi) is 5.52. The summed E-state index contributed by atoms with van der Waals surface area (Å²) in [6.45, 7) is 1.49. The second-order valence-corrected chi connectivity index (χ2v) is 5.95. The highest BCUT2D eigenvalue weighted by Crippen LogP contribution is 2.34. The summed E-state index contributed by atoms with van der Waals surface area (Å²) in [6.07, 6.45) is -3.86. The minimum absolute atomic E-state index is 0.153. The average Bonchev–Trinajstić information content (AvgIpc) is 2.45. The molecule has 1 N–H and O–H groups in total. The minimum atomic E-state index is -4.07. The SMILES string of the molecule is OC(CCN1CCC(C(F)(F)F)CC1)c1ccc(Cl)cc1. The van der Waals surface area contributed by atoms with Crippen LogP contribution in [-0.2, 0) is 0 Å². The first-order valence-electron chi connectivity index (χ1n) is 7.09. The fraction of sp³-hybridized carbons (Fsp3) is 0.600. The normalized spacial score (nSPS) is 19.7. The van der Waals surface area contributed by atoms with Crippen molar-refractivity contribution in [2.45, 2.75) is 31.5 Å². The van der Waals surface area contributed by atoms with E-state index in [-0.39, 0.29) is 12.8 Å². The Morgan fingerprint density at radius 2 is 1.76 bits per heavy atom. The van der Waals surface area contributed by atoms with Crippen LogP contribution in [0.1, 0.15) is 30.9 Å². The number of likely N-dealkylation sites (tertiary alicyclic amines) is 1. The monoisotopic (exact) mass is 321 g/mol. The van der Waals surface area contributed by atoms with Gasteiger partial charge in [0.05, 0.1) is 12.0 Å². The van der Waals surface area contributed by atoms with Crippen LogP contribution in [0.5, 0.6) is 0 Å². The van der Waals surface area contributed by atoms with Gasteiger partial charge in [-0.1, -0.05) is 23.7 Å². The molecule has 118 valence electrons. The molecular formula is C15H19ClF3NO. The van der Waals surface area contributed by atoms with Crippen LogP contribution in [0.2, 0.25) is 5.02 Å². The number of aliphatic hydroxyl groups excluding tert-OH is 1.